The lowest BCUT2D eigenvalue weighted by Crippen LogP contribution is -2.27. The van der Waals surface area contributed by atoms with Gasteiger partial charge in [0.2, 0.25) is 17.7 Å². The number of anilines is 2. The molecule has 0 spiro atoms. The minimum Gasteiger partial charge on any atom is -0.361 e. The standard InChI is InChI=1S/C25H25N5O3S2/c1-16(31)28-18-6-8-19(9-7-18)29-24(33)15-35-25-30-20(14-34-25)12-23(32)26-11-10-17-13-27-22-5-3-2-4-21(17)22/h2-9,13-14,27H,10-12,15H2,1H3,(H,26,32)(H,28,31)(H,29,33). The van der Waals surface area contributed by atoms with E-state index >= 15 is 0 Å². The van der Waals surface area contributed by atoms with Gasteiger partial charge in [0.05, 0.1) is 17.9 Å². The molecule has 2 aromatic carbocycles. The number of thiazole rings is 1. The summed E-state index contributed by atoms with van der Waals surface area (Å²) in [4.78, 5) is 43.3. The molecule has 0 radical (unpaired) electrons. The monoisotopic (exact) mass is 507 g/mol. The van der Waals surface area contributed by atoms with Crippen LogP contribution in [0.5, 0.6) is 0 Å². The molecule has 0 aliphatic rings. The van der Waals surface area contributed by atoms with E-state index in [-0.39, 0.29) is 29.9 Å². The number of aromatic nitrogens is 2. The highest BCUT2D eigenvalue weighted by atomic mass is 32.2. The summed E-state index contributed by atoms with van der Waals surface area (Å²) in [5, 5.41) is 11.5. The van der Waals surface area contributed by atoms with Crippen LogP contribution in [-0.4, -0.2) is 40.0 Å². The molecule has 2 aromatic heterocycles. The fourth-order valence-electron chi connectivity index (χ4n) is 3.50. The summed E-state index contributed by atoms with van der Waals surface area (Å²) in [5.74, 6) is -0.179. The summed E-state index contributed by atoms with van der Waals surface area (Å²) >= 11 is 2.75. The van der Waals surface area contributed by atoms with Crippen LogP contribution in [0.3, 0.4) is 0 Å². The van der Waals surface area contributed by atoms with E-state index in [1.165, 1.54) is 41.0 Å². The Morgan fingerprint density at radius 3 is 2.51 bits per heavy atom. The minimum absolute atomic E-state index is 0.0767. The van der Waals surface area contributed by atoms with Crippen molar-refractivity contribution in [3.8, 4) is 0 Å². The van der Waals surface area contributed by atoms with Crippen LogP contribution in [0.25, 0.3) is 10.9 Å². The molecular formula is C25H25N5O3S2. The fraction of sp³-hybridized carbons (Fsp3) is 0.200. The molecular weight excluding hydrogens is 482 g/mol. The topological polar surface area (TPSA) is 116 Å². The maximum atomic E-state index is 12.3. The van der Waals surface area contributed by atoms with Gasteiger partial charge in [-0.1, -0.05) is 30.0 Å². The van der Waals surface area contributed by atoms with Crippen molar-refractivity contribution < 1.29 is 14.4 Å². The molecule has 4 aromatic rings. The summed E-state index contributed by atoms with van der Waals surface area (Å²) in [6.07, 6.45) is 2.94. The summed E-state index contributed by atoms with van der Waals surface area (Å²) < 4.78 is 0.739. The first-order valence-corrected chi connectivity index (χ1v) is 12.9. The number of hydrogen-bond acceptors (Lipinski definition) is 6. The van der Waals surface area contributed by atoms with Crippen molar-refractivity contribution in [2.75, 3.05) is 22.9 Å². The lowest BCUT2D eigenvalue weighted by atomic mass is 10.1. The van der Waals surface area contributed by atoms with Gasteiger partial charge in [-0.25, -0.2) is 4.98 Å². The highest BCUT2D eigenvalue weighted by molar-refractivity contribution is 8.01. The number of rotatable bonds is 10. The molecule has 4 rings (SSSR count). The number of benzene rings is 2. The predicted molar refractivity (Wildman–Crippen MR) is 141 cm³/mol. The highest BCUT2D eigenvalue weighted by Gasteiger charge is 2.11. The van der Waals surface area contributed by atoms with E-state index < -0.39 is 0 Å². The third-order valence-corrected chi connectivity index (χ3v) is 7.15. The van der Waals surface area contributed by atoms with Crippen LogP contribution in [0.15, 0.2) is 64.4 Å². The lowest BCUT2D eigenvalue weighted by Gasteiger charge is -2.06. The number of thioether (sulfide) groups is 1. The van der Waals surface area contributed by atoms with E-state index in [2.05, 4.69) is 32.0 Å². The van der Waals surface area contributed by atoms with E-state index in [4.69, 9.17) is 0 Å². The van der Waals surface area contributed by atoms with Gasteiger partial charge >= 0.3 is 0 Å². The van der Waals surface area contributed by atoms with Crippen LogP contribution in [0.1, 0.15) is 18.2 Å². The number of fused-ring (bicyclic) bond motifs is 1. The number of nitrogens with one attached hydrogen (secondary N) is 4. The summed E-state index contributed by atoms with van der Waals surface area (Å²) in [6.45, 7) is 1.99. The van der Waals surface area contributed by atoms with Gasteiger partial charge in [0.1, 0.15) is 0 Å². The third kappa shape index (κ3) is 7.17. The van der Waals surface area contributed by atoms with Crippen molar-refractivity contribution >= 4 is 63.1 Å². The maximum absolute atomic E-state index is 12.3. The molecule has 4 N–H and O–H groups in total. The van der Waals surface area contributed by atoms with E-state index in [0.717, 1.165) is 16.3 Å². The Hall–Kier alpha value is -3.63. The molecule has 35 heavy (non-hydrogen) atoms. The maximum Gasteiger partial charge on any atom is 0.234 e. The summed E-state index contributed by atoms with van der Waals surface area (Å²) in [7, 11) is 0. The minimum atomic E-state index is -0.158. The molecule has 0 unspecified atom stereocenters. The molecule has 0 bridgehead atoms. The Morgan fingerprint density at radius 2 is 1.74 bits per heavy atom. The molecule has 180 valence electrons. The van der Waals surface area contributed by atoms with Gasteiger partial charge in [-0.05, 0) is 42.3 Å². The van der Waals surface area contributed by atoms with Crippen molar-refractivity contribution in [1.82, 2.24) is 15.3 Å². The molecule has 0 atom stereocenters. The Kier molecular flexibility index (Phi) is 8.17. The Morgan fingerprint density at radius 1 is 1.00 bits per heavy atom. The number of nitrogens with zero attached hydrogens (tertiary/aromatic N) is 1. The Labute approximate surface area is 210 Å². The van der Waals surface area contributed by atoms with E-state index in [9.17, 15) is 14.4 Å². The molecule has 8 nitrogen and oxygen atoms in total. The third-order valence-electron chi connectivity index (χ3n) is 5.08. The average Bonchev–Trinajstić information content (AvgIpc) is 3.46. The molecule has 2 heterocycles. The van der Waals surface area contributed by atoms with Crippen LogP contribution in [-0.2, 0) is 27.2 Å². The van der Waals surface area contributed by atoms with Gasteiger partial charge in [-0.15, -0.1) is 11.3 Å². The molecule has 0 saturated carbocycles. The van der Waals surface area contributed by atoms with Crippen molar-refractivity contribution in [3.05, 3.63) is 71.4 Å². The second kappa shape index (κ2) is 11.7. The number of H-pyrrole nitrogens is 1. The summed E-state index contributed by atoms with van der Waals surface area (Å²) in [5.41, 5.74) is 4.28. The molecule has 0 fully saturated rings. The smallest absolute Gasteiger partial charge is 0.234 e. The average molecular weight is 508 g/mol. The van der Waals surface area contributed by atoms with Crippen molar-refractivity contribution in [2.24, 2.45) is 0 Å². The summed E-state index contributed by atoms with van der Waals surface area (Å²) in [6, 6.07) is 15.0. The quantitative estimate of drug-likeness (QED) is 0.240. The number of amides is 3. The first-order valence-electron chi connectivity index (χ1n) is 11.0. The second-order valence-corrected chi connectivity index (χ2v) is 9.92. The zero-order chi connectivity index (χ0) is 24.6. The predicted octanol–water partition coefficient (Wildman–Crippen LogP) is 4.22. The zero-order valence-corrected chi connectivity index (χ0v) is 20.7. The van der Waals surface area contributed by atoms with Crippen LogP contribution in [0.2, 0.25) is 0 Å². The molecule has 0 saturated heterocycles. The van der Waals surface area contributed by atoms with Crippen LogP contribution in [0, 0.1) is 0 Å². The Bertz CT molecular complexity index is 1330. The molecule has 3 amide bonds. The number of carbonyl (C=O) groups excluding carboxylic acids is 3. The number of hydrogen-bond donors (Lipinski definition) is 4. The van der Waals surface area contributed by atoms with Gasteiger partial charge in [0.25, 0.3) is 0 Å². The van der Waals surface area contributed by atoms with Crippen molar-refractivity contribution in [2.45, 2.75) is 24.1 Å². The van der Waals surface area contributed by atoms with Gasteiger partial charge in [0.15, 0.2) is 4.34 Å². The largest absolute Gasteiger partial charge is 0.361 e. The fourth-order valence-corrected chi connectivity index (χ4v) is 5.15. The number of aromatic amines is 1. The van der Waals surface area contributed by atoms with E-state index in [1.807, 2.05) is 29.8 Å². The zero-order valence-electron chi connectivity index (χ0n) is 19.1. The van der Waals surface area contributed by atoms with Crippen molar-refractivity contribution in [1.29, 1.82) is 0 Å². The van der Waals surface area contributed by atoms with Gasteiger partial charge in [-0.2, -0.15) is 0 Å². The SMILES string of the molecule is CC(=O)Nc1ccc(NC(=O)CSc2nc(CC(=O)NCCc3c[nH]c4ccccc34)cs2)cc1. The molecule has 0 aliphatic carbocycles. The van der Waals surface area contributed by atoms with Crippen molar-refractivity contribution in [3.63, 3.8) is 0 Å². The van der Waals surface area contributed by atoms with Gasteiger partial charge in [0, 0.05) is 47.3 Å². The molecule has 10 heteroatoms. The van der Waals surface area contributed by atoms with Crippen LogP contribution in [0.4, 0.5) is 11.4 Å². The second-order valence-electron chi connectivity index (χ2n) is 7.84. The van der Waals surface area contributed by atoms with E-state index in [0.29, 0.717) is 23.6 Å². The Balaban J connectivity index is 1.17. The highest BCUT2D eigenvalue weighted by Crippen LogP contribution is 2.23. The first-order chi connectivity index (χ1) is 17.0. The molecule has 0 aliphatic heterocycles. The van der Waals surface area contributed by atoms with Gasteiger partial charge < -0.3 is 20.9 Å². The normalized spacial score (nSPS) is 10.8. The number of carbonyl (C=O) groups is 3. The van der Waals surface area contributed by atoms with Crippen LogP contribution < -0.4 is 16.0 Å². The first kappa shape index (κ1) is 24.5. The van der Waals surface area contributed by atoms with Crippen LogP contribution >= 0.6 is 23.1 Å². The van der Waals surface area contributed by atoms with Gasteiger partial charge in [-0.3, -0.25) is 14.4 Å². The van der Waals surface area contributed by atoms with E-state index in [1.54, 1.807) is 24.3 Å². The number of para-hydroxylation sites is 1. The lowest BCUT2D eigenvalue weighted by molar-refractivity contribution is -0.120.